The van der Waals surface area contributed by atoms with Gasteiger partial charge in [0.1, 0.15) is 6.04 Å². The van der Waals surface area contributed by atoms with Crippen molar-refractivity contribution in [3.8, 4) is 0 Å². The topological polar surface area (TPSA) is 87.5 Å². The van der Waals surface area contributed by atoms with Crippen molar-refractivity contribution in [3.63, 3.8) is 0 Å². The van der Waals surface area contributed by atoms with Gasteiger partial charge in [-0.15, -0.1) is 0 Å². The summed E-state index contributed by atoms with van der Waals surface area (Å²) >= 11 is 0. The molecule has 2 amide bonds. The minimum absolute atomic E-state index is 0.0184. The van der Waals surface area contributed by atoms with Crippen LogP contribution < -0.4 is 16.4 Å². The zero-order valence-corrected chi connectivity index (χ0v) is 16.2. The Labute approximate surface area is 166 Å². The molecule has 0 aromatic heterocycles. The van der Waals surface area contributed by atoms with Gasteiger partial charge in [-0.1, -0.05) is 48.0 Å². The molecule has 1 unspecified atom stereocenters. The number of likely N-dealkylation sites (tertiary alicyclic amines) is 1. The molecule has 148 valence electrons. The van der Waals surface area contributed by atoms with Gasteiger partial charge in [-0.25, -0.2) is 0 Å². The maximum atomic E-state index is 12.4. The number of benzene rings is 2. The van der Waals surface area contributed by atoms with E-state index in [1.54, 1.807) is 0 Å². The number of hydrogen-bond donors (Lipinski definition) is 3. The lowest BCUT2D eigenvalue weighted by atomic mass is 10.0. The quantitative estimate of drug-likeness (QED) is 0.717. The Morgan fingerprint density at radius 1 is 1.07 bits per heavy atom. The van der Waals surface area contributed by atoms with Crippen LogP contribution in [0.15, 0.2) is 54.6 Å². The Hall–Kier alpha value is -2.70. The normalized spacial score (nSPS) is 16.4. The van der Waals surface area contributed by atoms with Crippen LogP contribution in [0, 0.1) is 6.92 Å². The highest BCUT2D eigenvalue weighted by Gasteiger charge is 2.24. The van der Waals surface area contributed by atoms with Crippen LogP contribution in [0.5, 0.6) is 0 Å². The van der Waals surface area contributed by atoms with E-state index in [4.69, 9.17) is 5.73 Å². The highest BCUT2D eigenvalue weighted by Crippen LogP contribution is 2.15. The summed E-state index contributed by atoms with van der Waals surface area (Å²) in [5.74, 6) is -0.167. The van der Waals surface area contributed by atoms with E-state index < -0.39 is 6.04 Å². The second-order valence-electron chi connectivity index (χ2n) is 7.36. The molecule has 6 heteroatoms. The van der Waals surface area contributed by atoms with Gasteiger partial charge >= 0.3 is 0 Å². The average molecular weight is 380 g/mol. The number of rotatable bonds is 6. The van der Waals surface area contributed by atoms with Gasteiger partial charge in [0.2, 0.25) is 11.8 Å². The van der Waals surface area contributed by atoms with Gasteiger partial charge in [-0.05, 0) is 37.5 Å². The third kappa shape index (κ3) is 5.65. The summed E-state index contributed by atoms with van der Waals surface area (Å²) in [5.41, 5.74) is 8.86. The predicted molar refractivity (Wildman–Crippen MR) is 111 cm³/mol. The lowest BCUT2D eigenvalue weighted by molar-refractivity contribution is -0.124. The standard InChI is InChI=1S/C22H28N4O2/c1-16-7-9-17(10-8-16)21(23)22(28)25-19-11-13-26(14-12-19)15-20(27)24-18-5-3-2-4-6-18/h2-10,19,21H,11-15,23H2,1H3,(H,24,27)(H,25,28). The van der Waals surface area contributed by atoms with E-state index in [0.29, 0.717) is 6.54 Å². The molecule has 1 aliphatic heterocycles. The van der Waals surface area contributed by atoms with Gasteiger partial charge in [0.05, 0.1) is 6.54 Å². The van der Waals surface area contributed by atoms with Crippen molar-refractivity contribution < 1.29 is 9.59 Å². The molecule has 0 spiro atoms. The molecule has 0 radical (unpaired) electrons. The molecule has 1 aliphatic rings. The lowest BCUT2D eigenvalue weighted by Crippen LogP contribution is -2.48. The third-order valence-electron chi connectivity index (χ3n) is 5.08. The molecule has 6 nitrogen and oxygen atoms in total. The number of anilines is 1. The van der Waals surface area contributed by atoms with Crippen LogP contribution in [-0.4, -0.2) is 42.4 Å². The summed E-state index contributed by atoms with van der Waals surface area (Å²) in [6, 6.07) is 16.6. The first-order valence-corrected chi connectivity index (χ1v) is 9.71. The molecule has 4 N–H and O–H groups in total. The number of nitrogens with zero attached hydrogens (tertiary/aromatic N) is 1. The molecule has 1 saturated heterocycles. The summed E-state index contributed by atoms with van der Waals surface area (Å²) in [6.45, 7) is 3.90. The fraction of sp³-hybridized carbons (Fsp3) is 0.364. The smallest absolute Gasteiger partial charge is 0.241 e. The van der Waals surface area contributed by atoms with Crippen molar-refractivity contribution >= 4 is 17.5 Å². The molecule has 1 heterocycles. The second kappa shape index (κ2) is 9.48. The molecule has 0 bridgehead atoms. The van der Waals surface area contributed by atoms with Gasteiger partial charge in [-0.2, -0.15) is 0 Å². The summed E-state index contributed by atoms with van der Waals surface area (Å²) in [7, 11) is 0. The SMILES string of the molecule is Cc1ccc(C(N)C(=O)NC2CCN(CC(=O)Nc3ccccc3)CC2)cc1. The van der Waals surface area contributed by atoms with Crippen LogP contribution in [-0.2, 0) is 9.59 Å². The molecule has 1 atom stereocenters. The largest absolute Gasteiger partial charge is 0.352 e. The minimum atomic E-state index is -0.657. The fourth-order valence-electron chi connectivity index (χ4n) is 3.38. The number of amides is 2. The van der Waals surface area contributed by atoms with E-state index in [2.05, 4.69) is 15.5 Å². The maximum absolute atomic E-state index is 12.4. The highest BCUT2D eigenvalue weighted by molar-refractivity contribution is 5.92. The van der Waals surface area contributed by atoms with E-state index in [0.717, 1.165) is 42.7 Å². The van der Waals surface area contributed by atoms with E-state index in [1.165, 1.54) is 0 Å². The zero-order valence-electron chi connectivity index (χ0n) is 16.2. The predicted octanol–water partition coefficient (Wildman–Crippen LogP) is 2.21. The number of nitrogens with two attached hydrogens (primary N) is 1. The zero-order chi connectivity index (χ0) is 19.9. The van der Waals surface area contributed by atoms with E-state index in [-0.39, 0.29) is 17.9 Å². The molecule has 28 heavy (non-hydrogen) atoms. The fourth-order valence-corrected chi connectivity index (χ4v) is 3.38. The molecule has 0 aliphatic carbocycles. The van der Waals surface area contributed by atoms with E-state index >= 15 is 0 Å². The Morgan fingerprint density at radius 2 is 1.71 bits per heavy atom. The summed E-state index contributed by atoms with van der Waals surface area (Å²) in [6.07, 6.45) is 1.62. The van der Waals surface area contributed by atoms with Gasteiger partial charge in [0, 0.05) is 24.8 Å². The average Bonchev–Trinajstić information content (AvgIpc) is 2.70. The summed E-state index contributed by atoms with van der Waals surface area (Å²) in [4.78, 5) is 26.7. The van der Waals surface area contributed by atoms with Crippen LogP contribution in [0.1, 0.15) is 30.0 Å². The number of carbonyl (C=O) groups is 2. The van der Waals surface area contributed by atoms with Crippen LogP contribution in [0.2, 0.25) is 0 Å². The number of aryl methyl sites for hydroxylation is 1. The van der Waals surface area contributed by atoms with Crippen molar-refractivity contribution in [2.75, 3.05) is 25.0 Å². The van der Waals surface area contributed by atoms with Crippen molar-refractivity contribution in [2.24, 2.45) is 5.73 Å². The number of hydrogen-bond acceptors (Lipinski definition) is 4. The molecule has 2 aromatic rings. The molecule has 1 fully saturated rings. The number of carbonyl (C=O) groups excluding carboxylic acids is 2. The van der Waals surface area contributed by atoms with Crippen molar-refractivity contribution in [1.29, 1.82) is 0 Å². The van der Waals surface area contributed by atoms with Crippen LogP contribution in [0.3, 0.4) is 0 Å². The Kier molecular flexibility index (Phi) is 6.79. The van der Waals surface area contributed by atoms with Gasteiger partial charge in [0.25, 0.3) is 0 Å². The minimum Gasteiger partial charge on any atom is -0.352 e. The van der Waals surface area contributed by atoms with Gasteiger partial charge in [0.15, 0.2) is 0 Å². The van der Waals surface area contributed by atoms with Gasteiger partial charge in [-0.3, -0.25) is 14.5 Å². The third-order valence-corrected chi connectivity index (χ3v) is 5.08. The van der Waals surface area contributed by atoms with Crippen LogP contribution in [0.4, 0.5) is 5.69 Å². The lowest BCUT2D eigenvalue weighted by Gasteiger charge is -2.32. The van der Waals surface area contributed by atoms with Crippen molar-refractivity contribution in [2.45, 2.75) is 31.8 Å². The summed E-state index contributed by atoms with van der Waals surface area (Å²) < 4.78 is 0. The molecular weight excluding hydrogens is 352 g/mol. The number of nitrogens with one attached hydrogen (secondary N) is 2. The monoisotopic (exact) mass is 380 g/mol. The number of piperidine rings is 1. The second-order valence-corrected chi connectivity index (χ2v) is 7.36. The first kappa shape index (κ1) is 20.0. The maximum Gasteiger partial charge on any atom is 0.241 e. The van der Waals surface area contributed by atoms with Crippen molar-refractivity contribution in [3.05, 3.63) is 65.7 Å². The molecular formula is C22H28N4O2. The van der Waals surface area contributed by atoms with Crippen LogP contribution in [0.25, 0.3) is 0 Å². The van der Waals surface area contributed by atoms with Crippen LogP contribution >= 0.6 is 0 Å². The van der Waals surface area contributed by atoms with E-state index in [1.807, 2.05) is 61.5 Å². The summed E-state index contributed by atoms with van der Waals surface area (Å²) in [5, 5.41) is 5.96. The molecule has 0 saturated carbocycles. The Morgan fingerprint density at radius 3 is 2.36 bits per heavy atom. The first-order chi connectivity index (χ1) is 13.5. The van der Waals surface area contributed by atoms with Gasteiger partial charge < -0.3 is 16.4 Å². The Balaban J connectivity index is 1.41. The first-order valence-electron chi connectivity index (χ1n) is 9.71. The number of para-hydroxylation sites is 1. The van der Waals surface area contributed by atoms with E-state index in [9.17, 15) is 9.59 Å². The molecule has 2 aromatic carbocycles. The van der Waals surface area contributed by atoms with Crippen molar-refractivity contribution in [1.82, 2.24) is 10.2 Å². The highest BCUT2D eigenvalue weighted by atomic mass is 16.2. The Bertz CT molecular complexity index is 784. The molecule has 3 rings (SSSR count).